The number of carbonyl (C=O) groups excluding carboxylic acids is 1. The van der Waals surface area contributed by atoms with E-state index in [0.717, 1.165) is 0 Å². The molecule has 0 fully saturated rings. The van der Waals surface area contributed by atoms with E-state index in [0.29, 0.717) is 17.4 Å². The zero-order valence-electron chi connectivity index (χ0n) is 10.5. The molecule has 2 rings (SSSR count). The van der Waals surface area contributed by atoms with Gasteiger partial charge in [-0.25, -0.2) is 4.98 Å². The number of amides is 1. The largest absolute Gasteiger partial charge is 0.461 e. The van der Waals surface area contributed by atoms with Gasteiger partial charge >= 0.3 is 0 Å². The van der Waals surface area contributed by atoms with Gasteiger partial charge in [-0.15, -0.1) is 5.10 Å². The molecule has 0 aromatic carbocycles. The predicted octanol–water partition coefficient (Wildman–Crippen LogP) is 1.81. The molecule has 6 heteroatoms. The second-order valence-electron chi connectivity index (χ2n) is 3.69. The van der Waals surface area contributed by atoms with Crippen LogP contribution in [0.5, 0.6) is 0 Å². The Bertz CT molecular complexity index is 582. The third-order valence-electron chi connectivity index (χ3n) is 2.25. The summed E-state index contributed by atoms with van der Waals surface area (Å²) >= 11 is 0. The van der Waals surface area contributed by atoms with Gasteiger partial charge in [-0.05, 0) is 19.1 Å². The lowest BCUT2D eigenvalue weighted by atomic mass is 10.4. The van der Waals surface area contributed by atoms with E-state index in [-0.39, 0.29) is 12.5 Å². The molecule has 0 saturated carbocycles. The Morgan fingerprint density at radius 3 is 3.16 bits per heavy atom. The van der Waals surface area contributed by atoms with Crippen LogP contribution in [0, 0.1) is 0 Å². The lowest BCUT2D eigenvalue weighted by Crippen LogP contribution is -2.20. The van der Waals surface area contributed by atoms with Crippen molar-refractivity contribution in [3.05, 3.63) is 48.5 Å². The highest BCUT2D eigenvalue weighted by molar-refractivity contribution is 5.87. The molecule has 2 heterocycles. The summed E-state index contributed by atoms with van der Waals surface area (Å²) in [4.78, 5) is 15.6. The number of rotatable bonds is 5. The second-order valence-corrected chi connectivity index (χ2v) is 3.69. The summed E-state index contributed by atoms with van der Waals surface area (Å²) in [5.74, 6) is 1.44. The highest BCUT2D eigenvalue weighted by Gasteiger charge is 2.08. The highest BCUT2D eigenvalue weighted by Crippen LogP contribution is 2.13. The molecule has 0 aliphatic rings. The smallest absolute Gasteiger partial charge is 0.244 e. The molecule has 0 aliphatic heterocycles. The van der Waals surface area contributed by atoms with Crippen molar-refractivity contribution in [1.82, 2.24) is 20.5 Å². The number of hydrogen-bond donors (Lipinski definition) is 2. The van der Waals surface area contributed by atoms with Crippen LogP contribution in [0.25, 0.3) is 11.6 Å². The molecule has 0 bridgehead atoms. The zero-order chi connectivity index (χ0) is 13.5. The molecule has 0 aliphatic carbocycles. The number of nitrogens with zero attached hydrogens (tertiary/aromatic N) is 2. The summed E-state index contributed by atoms with van der Waals surface area (Å²) in [6, 6.07) is 3.53. The van der Waals surface area contributed by atoms with Crippen molar-refractivity contribution >= 4 is 5.91 Å². The van der Waals surface area contributed by atoms with Gasteiger partial charge in [-0.1, -0.05) is 18.2 Å². The molecule has 0 unspecified atom stereocenters. The molecule has 0 atom stereocenters. The van der Waals surface area contributed by atoms with Crippen LogP contribution in [0.3, 0.4) is 0 Å². The molecular formula is C13H14N4O2. The molecule has 1 amide bonds. The van der Waals surface area contributed by atoms with E-state index >= 15 is 0 Å². The normalized spacial score (nSPS) is 11.4. The average Bonchev–Trinajstić information content (AvgIpc) is 3.07. The Hall–Kier alpha value is -2.63. The maximum Gasteiger partial charge on any atom is 0.244 e. The van der Waals surface area contributed by atoms with Gasteiger partial charge in [0.05, 0.1) is 12.8 Å². The molecular weight excluding hydrogens is 244 g/mol. The van der Waals surface area contributed by atoms with E-state index in [1.807, 2.05) is 13.0 Å². The maximum absolute atomic E-state index is 11.4. The van der Waals surface area contributed by atoms with E-state index < -0.39 is 0 Å². The van der Waals surface area contributed by atoms with Gasteiger partial charge < -0.3 is 9.73 Å². The van der Waals surface area contributed by atoms with Crippen molar-refractivity contribution < 1.29 is 9.21 Å². The van der Waals surface area contributed by atoms with Gasteiger partial charge in [0.1, 0.15) is 5.82 Å². The van der Waals surface area contributed by atoms with Gasteiger partial charge in [-0.3, -0.25) is 9.89 Å². The number of nitrogens with one attached hydrogen (secondary N) is 2. The minimum absolute atomic E-state index is 0.186. The fourth-order valence-corrected chi connectivity index (χ4v) is 1.37. The van der Waals surface area contributed by atoms with Crippen molar-refractivity contribution in [1.29, 1.82) is 0 Å². The summed E-state index contributed by atoms with van der Waals surface area (Å²) in [6.45, 7) is 2.17. The first-order valence-electron chi connectivity index (χ1n) is 5.82. The standard InChI is InChI=1S/C13H14N4O2/c1-2-3-4-7-12(18)14-9-11-15-13(17-16-11)10-6-5-8-19-10/h2-8H,9H2,1H3,(H,14,18)(H,15,16,17). The molecule has 2 aromatic rings. The molecule has 2 N–H and O–H groups in total. The molecule has 0 spiro atoms. The summed E-state index contributed by atoms with van der Waals surface area (Å²) in [6.07, 6.45) is 8.30. The van der Waals surface area contributed by atoms with E-state index in [9.17, 15) is 4.79 Å². The molecule has 0 radical (unpaired) electrons. The zero-order valence-corrected chi connectivity index (χ0v) is 10.5. The molecule has 2 aromatic heterocycles. The van der Waals surface area contributed by atoms with Crippen LogP contribution in [0.4, 0.5) is 0 Å². The third-order valence-corrected chi connectivity index (χ3v) is 2.25. The van der Waals surface area contributed by atoms with Crippen LogP contribution in [-0.2, 0) is 11.3 Å². The minimum Gasteiger partial charge on any atom is -0.461 e. The summed E-state index contributed by atoms with van der Waals surface area (Å²) in [7, 11) is 0. The second kappa shape index (κ2) is 6.34. The Labute approximate surface area is 110 Å². The topological polar surface area (TPSA) is 83.8 Å². The van der Waals surface area contributed by atoms with E-state index in [1.54, 1.807) is 30.5 Å². The van der Waals surface area contributed by atoms with Crippen molar-refractivity contribution in [2.24, 2.45) is 0 Å². The molecule has 6 nitrogen and oxygen atoms in total. The number of aromatic nitrogens is 3. The first kappa shape index (κ1) is 12.8. The highest BCUT2D eigenvalue weighted by atomic mass is 16.3. The van der Waals surface area contributed by atoms with Crippen molar-refractivity contribution in [2.45, 2.75) is 13.5 Å². The van der Waals surface area contributed by atoms with Gasteiger partial charge in [0.2, 0.25) is 11.7 Å². The van der Waals surface area contributed by atoms with Gasteiger partial charge in [0.15, 0.2) is 5.76 Å². The Kier molecular flexibility index (Phi) is 4.28. The Morgan fingerprint density at radius 1 is 1.53 bits per heavy atom. The van der Waals surface area contributed by atoms with E-state index in [4.69, 9.17) is 4.42 Å². The predicted molar refractivity (Wildman–Crippen MR) is 69.9 cm³/mol. The number of allylic oxidation sites excluding steroid dienone is 3. The molecule has 98 valence electrons. The van der Waals surface area contributed by atoms with Crippen LogP contribution < -0.4 is 5.32 Å². The van der Waals surface area contributed by atoms with Crippen molar-refractivity contribution in [3.8, 4) is 11.6 Å². The lowest BCUT2D eigenvalue weighted by Gasteiger charge is -1.96. The minimum atomic E-state index is -0.186. The van der Waals surface area contributed by atoms with Crippen LogP contribution in [-0.4, -0.2) is 21.1 Å². The van der Waals surface area contributed by atoms with Gasteiger partial charge in [0, 0.05) is 6.08 Å². The SMILES string of the molecule is CC=CC=CC(=O)NCc1nc(-c2ccco2)n[nH]1. The van der Waals surface area contributed by atoms with Crippen molar-refractivity contribution in [2.75, 3.05) is 0 Å². The number of aromatic amines is 1. The van der Waals surface area contributed by atoms with Crippen LogP contribution >= 0.6 is 0 Å². The Morgan fingerprint density at radius 2 is 2.42 bits per heavy atom. The average molecular weight is 258 g/mol. The van der Waals surface area contributed by atoms with E-state index in [2.05, 4.69) is 20.5 Å². The first-order valence-corrected chi connectivity index (χ1v) is 5.82. The number of carbonyl (C=O) groups is 1. The fraction of sp³-hybridized carbons (Fsp3) is 0.154. The van der Waals surface area contributed by atoms with Gasteiger partial charge in [-0.2, -0.15) is 0 Å². The van der Waals surface area contributed by atoms with Crippen molar-refractivity contribution in [3.63, 3.8) is 0 Å². The quantitative estimate of drug-likeness (QED) is 0.633. The maximum atomic E-state index is 11.4. The van der Waals surface area contributed by atoms with Crippen LogP contribution in [0.1, 0.15) is 12.7 Å². The third kappa shape index (κ3) is 3.67. The lowest BCUT2D eigenvalue weighted by molar-refractivity contribution is -0.116. The summed E-state index contributed by atoms with van der Waals surface area (Å²) < 4.78 is 5.17. The fourth-order valence-electron chi connectivity index (χ4n) is 1.37. The summed E-state index contributed by atoms with van der Waals surface area (Å²) in [5.41, 5.74) is 0. The number of furan rings is 1. The Balaban J connectivity index is 1.89. The van der Waals surface area contributed by atoms with Crippen LogP contribution in [0.15, 0.2) is 47.1 Å². The monoisotopic (exact) mass is 258 g/mol. The number of H-pyrrole nitrogens is 1. The molecule has 0 saturated heterocycles. The van der Waals surface area contributed by atoms with Crippen LogP contribution in [0.2, 0.25) is 0 Å². The van der Waals surface area contributed by atoms with Gasteiger partial charge in [0.25, 0.3) is 0 Å². The van der Waals surface area contributed by atoms with E-state index in [1.165, 1.54) is 6.08 Å². The first-order chi connectivity index (χ1) is 9.29. The number of hydrogen-bond acceptors (Lipinski definition) is 4. The molecule has 19 heavy (non-hydrogen) atoms. The summed E-state index contributed by atoms with van der Waals surface area (Å²) in [5, 5.41) is 9.44.